The minimum absolute atomic E-state index is 0.0295. The molecule has 0 saturated carbocycles. The zero-order valence-electron chi connectivity index (χ0n) is 18.7. The molecule has 2 rings (SSSR count). The monoisotopic (exact) mass is 498 g/mol. The molecule has 1 aromatic rings. The van der Waals surface area contributed by atoms with Crippen LogP contribution in [0.15, 0.2) is 40.8 Å². The molecule has 188 valence electrons. The number of imide groups is 1. The third-order valence-electron chi connectivity index (χ3n) is 4.83. The van der Waals surface area contributed by atoms with Gasteiger partial charge in [-0.05, 0) is 56.7 Å². The third kappa shape index (κ3) is 11.5. The minimum atomic E-state index is -3.73. The maximum atomic E-state index is 11.9. The van der Waals surface area contributed by atoms with Crippen molar-refractivity contribution in [1.29, 1.82) is 0 Å². The van der Waals surface area contributed by atoms with Crippen molar-refractivity contribution >= 4 is 33.9 Å². The first-order valence-electron chi connectivity index (χ1n) is 10.5. The molecule has 0 fully saturated rings. The molecule has 3 amide bonds. The standard InChI is InChI=1S/C19H28N4O4S.C2H2O4/c1-14(16-7-9-17(10-8-16)28(20,26)27)22-13-18(24)23-19(25)21-12-11-15-5-3-2-4-6-15;3-1(4)2(5)6/h5,7-10,14,22H,2-4,6,11-13H2,1H3,(H2,20,26,27)(H2,21,23,24,25);(H,3,4)(H,5,6). The van der Waals surface area contributed by atoms with Gasteiger partial charge in [0.2, 0.25) is 15.9 Å². The molecule has 1 aliphatic rings. The molecule has 13 heteroatoms. The van der Waals surface area contributed by atoms with Crippen LogP contribution in [0.3, 0.4) is 0 Å². The van der Waals surface area contributed by atoms with E-state index < -0.39 is 33.9 Å². The third-order valence-corrected chi connectivity index (χ3v) is 5.76. The van der Waals surface area contributed by atoms with Gasteiger partial charge in [-0.25, -0.2) is 27.9 Å². The molecular weight excluding hydrogens is 468 g/mol. The molecule has 12 nitrogen and oxygen atoms in total. The largest absolute Gasteiger partial charge is 0.473 e. The van der Waals surface area contributed by atoms with Crippen molar-refractivity contribution in [2.24, 2.45) is 5.14 Å². The zero-order valence-corrected chi connectivity index (χ0v) is 19.6. The van der Waals surface area contributed by atoms with Crippen LogP contribution in [-0.4, -0.2) is 55.6 Å². The Kier molecular flexibility index (Phi) is 11.9. The molecular formula is C21H30N4O8S. The van der Waals surface area contributed by atoms with Crippen molar-refractivity contribution in [1.82, 2.24) is 16.0 Å². The van der Waals surface area contributed by atoms with Crippen LogP contribution in [0, 0.1) is 0 Å². The second kappa shape index (κ2) is 14.1. The summed E-state index contributed by atoms with van der Waals surface area (Å²) >= 11 is 0. The Morgan fingerprint density at radius 1 is 1.06 bits per heavy atom. The van der Waals surface area contributed by atoms with E-state index in [0.717, 1.165) is 24.8 Å². The molecule has 0 bridgehead atoms. The van der Waals surface area contributed by atoms with E-state index in [0.29, 0.717) is 6.54 Å². The number of carboxylic acids is 2. The van der Waals surface area contributed by atoms with Gasteiger partial charge in [0.25, 0.3) is 0 Å². The number of benzene rings is 1. The summed E-state index contributed by atoms with van der Waals surface area (Å²) in [5, 5.41) is 27.8. The molecule has 0 heterocycles. The predicted molar refractivity (Wildman–Crippen MR) is 122 cm³/mol. The zero-order chi connectivity index (χ0) is 25.7. The van der Waals surface area contributed by atoms with Gasteiger partial charge in [0.15, 0.2) is 0 Å². The minimum Gasteiger partial charge on any atom is -0.473 e. The van der Waals surface area contributed by atoms with Crippen LogP contribution in [0.4, 0.5) is 4.79 Å². The fourth-order valence-corrected chi connectivity index (χ4v) is 3.51. The van der Waals surface area contributed by atoms with E-state index in [4.69, 9.17) is 24.9 Å². The Morgan fingerprint density at radius 3 is 2.18 bits per heavy atom. The number of primary sulfonamides is 1. The number of nitrogens with two attached hydrogens (primary N) is 1. The van der Waals surface area contributed by atoms with E-state index >= 15 is 0 Å². The number of amides is 3. The van der Waals surface area contributed by atoms with Crippen molar-refractivity contribution in [3.63, 3.8) is 0 Å². The van der Waals surface area contributed by atoms with Crippen LogP contribution in [0.5, 0.6) is 0 Å². The number of carbonyl (C=O) groups excluding carboxylic acids is 2. The normalized spacial score (nSPS) is 14.0. The Balaban J connectivity index is 0.000000852. The SMILES string of the molecule is CC(NCC(=O)NC(=O)NCCC1=CCCCC1)c1ccc(S(N)(=O)=O)cc1.O=C(O)C(=O)O. The molecule has 0 aromatic heterocycles. The summed E-state index contributed by atoms with van der Waals surface area (Å²) in [5.74, 6) is -4.09. The predicted octanol–water partition coefficient (Wildman–Crippen LogP) is 0.857. The van der Waals surface area contributed by atoms with Crippen LogP contribution >= 0.6 is 0 Å². The highest BCUT2D eigenvalue weighted by atomic mass is 32.2. The lowest BCUT2D eigenvalue weighted by molar-refractivity contribution is -0.159. The first kappa shape index (κ1) is 28.7. The molecule has 1 aliphatic carbocycles. The highest BCUT2D eigenvalue weighted by Gasteiger charge is 2.12. The van der Waals surface area contributed by atoms with Crippen LogP contribution in [0.2, 0.25) is 0 Å². The van der Waals surface area contributed by atoms with Gasteiger partial charge in [-0.1, -0.05) is 23.8 Å². The van der Waals surface area contributed by atoms with Crippen LogP contribution < -0.4 is 21.1 Å². The Morgan fingerprint density at radius 2 is 1.68 bits per heavy atom. The van der Waals surface area contributed by atoms with Gasteiger partial charge in [0, 0.05) is 12.6 Å². The number of allylic oxidation sites excluding steroid dienone is 1. The number of urea groups is 1. The Hall–Kier alpha value is -3.29. The molecule has 34 heavy (non-hydrogen) atoms. The molecule has 0 saturated heterocycles. The van der Waals surface area contributed by atoms with E-state index in [9.17, 15) is 18.0 Å². The van der Waals surface area contributed by atoms with Crippen LogP contribution in [0.1, 0.15) is 50.6 Å². The van der Waals surface area contributed by atoms with E-state index in [1.807, 2.05) is 6.92 Å². The lowest BCUT2D eigenvalue weighted by atomic mass is 9.97. The van der Waals surface area contributed by atoms with Crippen molar-refractivity contribution in [3.8, 4) is 0 Å². The number of carboxylic acid groups (broad SMARTS) is 2. The number of carbonyl (C=O) groups is 4. The van der Waals surface area contributed by atoms with Crippen molar-refractivity contribution < 1.29 is 37.8 Å². The van der Waals surface area contributed by atoms with Crippen molar-refractivity contribution in [2.75, 3.05) is 13.1 Å². The first-order chi connectivity index (χ1) is 15.9. The van der Waals surface area contributed by atoms with Gasteiger partial charge in [-0.2, -0.15) is 0 Å². The molecule has 0 aliphatic heterocycles. The summed E-state index contributed by atoms with van der Waals surface area (Å²) < 4.78 is 22.5. The highest BCUT2D eigenvalue weighted by Crippen LogP contribution is 2.19. The number of hydrogen-bond donors (Lipinski definition) is 6. The smallest absolute Gasteiger partial charge is 0.414 e. The number of hydrogen-bond acceptors (Lipinski definition) is 7. The van der Waals surface area contributed by atoms with Crippen LogP contribution in [-0.2, 0) is 24.4 Å². The average Bonchev–Trinajstić information content (AvgIpc) is 2.78. The van der Waals surface area contributed by atoms with Crippen LogP contribution in [0.25, 0.3) is 0 Å². The second-order valence-electron chi connectivity index (χ2n) is 7.49. The number of rotatable bonds is 8. The van der Waals surface area contributed by atoms with E-state index in [-0.39, 0.29) is 17.5 Å². The van der Waals surface area contributed by atoms with Gasteiger partial charge < -0.3 is 20.8 Å². The maximum Gasteiger partial charge on any atom is 0.414 e. The van der Waals surface area contributed by atoms with E-state index in [1.54, 1.807) is 12.1 Å². The molecule has 1 unspecified atom stereocenters. The lowest BCUT2D eigenvalue weighted by Gasteiger charge is -2.15. The van der Waals surface area contributed by atoms with Gasteiger partial charge >= 0.3 is 18.0 Å². The van der Waals surface area contributed by atoms with E-state index in [2.05, 4.69) is 22.0 Å². The topological polar surface area (TPSA) is 205 Å². The molecule has 0 spiro atoms. The van der Waals surface area contributed by atoms with Gasteiger partial charge in [0.1, 0.15) is 0 Å². The Bertz CT molecular complexity index is 994. The molecule has 1 aromatic carbocycles. The molecule has 1 atom stereocenters. The van der Waals surface area contributed by atoms with Crippen molar-refractivity contribution in [3.05, 3.63) is 41.5 Å². The fraction of sp³-hybridized carbons (Fsp3) is 0.429. The highest BCUT2D eigenvalue weighted by molar-refractivity contribution is 7.89. The second-order valence-corrected chi connectivity index (χ2v) is 9.05. The average molecular weight is 499 g/mol. The van der Waals surface area contributed by atoms with Gasteiger partial charge in [-0.3, -0.25) is 10.1 Å². The summed E-state index contributed by atoms with van der Waals surface area (Å²) in [5.41, 5.74) is 2.16. The lowest BCUT2D eigenvalue weighted by Crippen LogP contribution is -2.44. The Labute approximate surface area is 197 Å². The van der Waals surface area contributed by atoms with E-state index in [1.165, 1.54) is 30.5 Å². The maximum absolute atomic E-state index is 11.9. The summed E-state index contributed by atoms with van der Waals surface area (Å²) in [6.07, 6.45) is 7.66. The summed E-state index contributed by atoms with van der Waals surface area (Å²) in [4.78, 5) is 41.9. The number of nitrogens with one attached hydrogen (secondary N) is 3. The van der Waals surface area contributed by atoms with Gasteiger partial charge in [0.05, 0.1) is 11.4 Å². The number of aliphatic carboxylic acids is 2. The summed E-state index contributed by atoms with van der Waals surface area (Å²) in [6.45, 7) is 2.29. The quantitative estimate of drug-likeness (QED) is 0.222. The first-order valence-corrected chi connectivity index (χ1v) is 12.0. The summed E-state index contributed by atoms with van der Waals surface area (Å²) in [6, 6.07) is 5.37. The molecule has 7 N–H and O–H groups in total. The summed E-state index contributed by atoms with van der Waals surface area (Å²) in [7, 11) is -3.73. The fourth-order valence-electron chi connectivity index (χ4n) is 2.99. The van der Waals surface area contributed by atoms with Crippen molar-refractivity contribution in [2.45, 2.75) is 50.0 Å². The molecule has 0 radical (unpaired) electrons. The number of sulfonamides is 1. The van der Waals surface area contributed by atoms with Gasteiger partial charge in [-0.15, -0.1) is 0 Å².